The van der Waals surface area contributed by atoms with Gasteiger partial charge in [-0.25, -0.2) is 4.79 Å². The number of para-hydroxylation sites is 1. The molecule has 172 valence electrons. The second-order valence-corrected chi connectivity index (χ2v) is 7.16. The van der Waals surface area contributed by atoms with Crippen LogP contribution in [0.1, 0.15) is 38.2 Å². The van der Waals surface area contributed by atoms with Gasteiger partial charge in [-0.15, -0.1) is 0 Å². The number of rotatable bonds is 8. The van der Waals surface area contributed by atoms with Crippen molar-refractivity contribution in [3.8, 4) is 17.6 Å². The van der Waals surface area contributed by atoms with E-state index in [4.69, 9.17) is 34.2 Å². The molecule has 1 aromatic carbocycles. The van der Waals surface area contributed by atoms with Gasteiger partial charge in [-0.05, 0) is 26.3 Å². The molecule has 1 atom stereocenters. The maximum absolute atomic E-state index is 12.8. The number of carbonyl (C=O) groups excluding carboxylic acids is 1. The number of ether oxygens (including phenoxy) is 6. The van der Waals surface area contributed by atoms with Gasteiger partial charge in [0.15, 0.2) is 17.8 Å². The molecule has 0 aromatic heterocycles. The van der Waals surface area contributed by atoms with Crippen molar-refractivity contribution < 1.29 is 33.2 Å². The summed E-state index contributed by atoms with van der Waals surface area (Å²) in [4.78, 5) is 12.8. The summed E-state index contributed by atoms with van der Waals surface area (Å²) in [6.07, 6.45) is 1.03. The smallest absolute Gasteiger partial charge is 0.338 e. The summed E-state index contributed by atoms with van der Waals surface area (Å²) in [5.74, 6) is -0.374. The maximum atomic E-state index is 12.8. The molecule has 1 saturated heterocycles. The summed E-state index contributed by atoms with van der Waals surface area (Å²) in [7, 11) is 1.52. The number of allylic oxidation sites excluding steroid dienone is 2. The summed E-state index contributed by atoms with van der Waals surface area (Å²) in [5.41, 5.74) is 6.83. The number of esters is 1. The molecule has 1 aromatic rings. The van der Waals surface area contributed by atoms with E-state index in [0.29, 0.717) is 36.7 Å². The molecule has 2 aliphatic rings. The van der Waals surface area contributed by atoms with E-state index in [2.05, 4.69) is 6.07 Å². The first-order valence-electron chi connectivity index (χ1n) is 10.5. The van der Waals surface area contributed by atoms with Gasteiger partial charge in [0.2, 0.25) is 5.88 Å². The van der Waals surface area contributed by atoms with Crippen molar-refractivity contribution in [1.82, 2.24) is 0 Å². The van der Waals surface area contributed by atoms with Crippen LogP contribution in [-0.2, 0) is 23.7 Å². The molecule has 3 rings (SSSR count). The first kappa shape index (κ1) is 23.4. The van der Waals surface area contributed by atoms with E-state index < -0.39 is 11.9 Å². The Bertz CT molecular complexity index is 942. The van der Waals surface area contributed by atoms with Gasteiger partial charge in [-0.2, -0.15) is 5.26 Å². The van der Waals surface area contributed by atoms with E-state index in [9.17, 15) is 10.1 Å². The van der Waals surface area contributed by atoms with Crippen LogP contribution in [0.5, 0.6) is 11.5 Å². The Balaban J connectivity index is 1.99. The Kier molecular flexibility index (Phi) is 7.98. The van der Waals surface area contributed by atoms with Crippen molar-refractivity contribution in [2.24, 2.45) is 5.73 Å². The van der Waals surface area contributed by atoms with E-state index in [-0.39, 0.29) is 42.3 Å². The molecule has 2 N–H and O–H groups in total. The van der Waals surface area contributed by atoms with Gasteiger partial charge in [0.1, 0.15) is 17.4 Å². The van der Waals surface area contributed by atoms with Crippen LogP contribution >= 0.6 is 0 Å². The molecule has 2 aliphatic heterocycles. The lowest BCUT2D eigenvalue weighted by Gasteiger charge is -2.29. The van der Waals surface area contributed by atoms with Crippen LogP contribution in [0.15, 0.2) is 41.0 Å². The van der Waals surface area contributed by atoms with E-state index in [1.165, 1.54) is 7.11 Å². The molecule has 1 fully saturated rings. The molecular formula is C23H28N2O7. The van der Waals surface area contributed by atoms with Crippen LogP contribution in [0.25, 0.3) is 0 Å². The summed E-state index contributed by atoms with van der Waals surface area (Å²) in [5, 5.41) is 9.82. The van der Waals surface area contributed by atoms with E-state index in [0.717, 1.165) is 6.42 Å². The van der Waals surface area contributed by atoms with E-state index >= 15 is 0 Å². The lowest BCUT2D eigenvalue weighted by Crippen LogP contribution is -2.27. The molecule has 0 amide bonds. The lowest BCUT2D eigenvalue weighted by atomic mass is 9.82. The highest BCUT2D eigenvalue weighted by Gasteiger charge is 2.38. The average molecular weight is 444 g/mol. The maximum Gasteiger partial charge on any atom is 0.338 e. The number of nitrogens with two attached hydrogens (primary N) is 1. The zero-order chi connectivity index (χ0) is 23.1. The number of hydrogen-bond acceptors (Lipinski definition) is 9. The van der Waals surface area contributed by atoms with Crippen molar-refractivity contribution in [3.05, 3.63) is 46.6 Å². The lowest BCUT2D eigenvalue weighted by molar-refractivity contribution is -0.183. The molecular weight excluding hydrogens is 416 g/mol. The van der Waals surface area contributed by atoms with Gasteiger partial charge >= 0.3 is 5.97 Å². The summed E-state index contributed by atoms with van der Waals surface area (Å²) >= 11 is 0. The fraction of sp³-hybridized carbons (Fsp3) is 0.478. The molecule has 32 heavy (non-hydrogen) atoms. The average Bonchev–Trinajstić information content (AvgIpc) is 2.79. The van der Waals surface area contributed by atoms with E-state index in [1.807, 2.05) is 0 Å². The molecule has 2 heterocycles. The first-order valence-corrected chi connectivity index (χ1v) is 10.5. The van der Waals surface area contributed by atoms with Crippen LogP contribution in [0.4, 0.5) is 0 Å². The predicted octanol–water partition coefficient (Wildman–Crippen LogP) is 2.87. The highest BCUT2D eigenvalue weighted by atomic mass is 16.7. The number of nitrogens with zero attached hydrogens (tertiary/aromatic N) is 1. The zero-order valence-electron chi connectivity index (χ0n) is 18.5. The third-order valence-corrected chi connectivity index (χ3v) is 5.14. The number of carbonyl (C=O) groups is 1. The zero-order valence-corrected chi connectivity index (χ0v) is 18.5. The number of nitriles is 1. The standard InChI is InChI=1S/C23H28N2O7/c1-4-28-23(26)19-14(2)32-22(25)16(13-24)20(19)15-7-5-8-17(27-3)21(15)31-12-9-18-29-10-6-11-30-18/h5,7-8,18,20H,4,6,9-12,25H2,1-3H3. The quantitative estimate of drug-likeness (QED) is 0.603. The normalized spacial score (nSPS) is 19.2. The molecule has 0 spiro atoms. The number of hydrogen-bond donors (Lipinski definition) is 1. The predicted molar refractivity (Wildman–Crippen MR) is 113 cm³/mol. The van der Waals surface area contributed by atoms with Crippen LogP contribution in [-0.4, -0.2) is 45.8 Å². The fourth-order valence-electron chi connectivity index (χ4n) is 3.70. The van der Waals surface area contributed by atoms with Crippen molar-refractivity contribution in [2.75, 3.05) is 33.5 Å². The molecule has 0 bridgehead atoms. The van der Waals surface area contributed by atoms with Gasteiger partial charge < -0.3 is 34.2 Å². The molecule has 0 saturated carbocycles. The Morgan fingerprint density at radius 2 is 2.06 bits per heavy atom. The minimum atomic E-state index is -0.833. The second-order valence-electron chi connectivity index (χ2n) is 7.16. The minimum Gasteiger partial charge on any atom is -0.493 e. The highest BCUT2D eigenvalue weighted by molar-refractivity contribution is 5.93. The van der Waals surface area contributed by atoms with Gasteiger partial charge in [-0.1, -0.05) is 12.1 Å². The number of benzene rings is 1. The molecule has 1 unspecified atom stereocenters. The topological polar surface area (TPSA) is 122 Å². The van der Waals surface area contributed by atoms with Crippen LogP contribution in [0.2, 0.25) is 0 Å². The van der Waals surface area contributed by atoms with E-state index in [1.54, 1.807) is 32.0 Å². The third kappa shape index (κ3) is 4.98. The van der Waals surface area contributed by atoms with Crippen LogP contribution in [0, 0.1) is 11.3 Å². The number of methoxy groups -OCH3 is 1. The van der Waals surface area contributed by atoms with Gasteiger partial charge in [0.25, 0.3) is 0 Å². The van der Waals surface area contributed by atoms with Crippen molar-refractivity contribution >= 4 is 5.97 Å². The minimum absolute atomic E-state index is 0.0687. The third-order valence-electron chi connectivity index (χ3n) is 5.14. The summed E-state index contributed by atoms with van der Waals surface area (Å²) in [6.45, 7) is 5.06. The van der Waals surface area contributed by atoms with Crippen LogP contribution in [0.3, 0.4) is 0 Å². The fourth-order valence-corrected chi connectivity index (χ4v) is 3.70. The van der Waals surface area contributed by atoms with Gasteiger partial charge in [0.05, 0.1) is 45.0 Å². The summed E-state index contributed by atoms with van der Waals surface area (Å²) in [6, 6.07) is 7.33. The Morgan fingerprint density at radius 3 is 2.72 bits per heavy atom. The Morgan fingerprint density at radius 1 is 1.31 bits per heavy atom. The Hall–Kier alpha value is -3.22. The van der Waals surface area contributed by atoms with Gasteiger partial charge in [0, 0.05) is 12.0 Å². The van der Waals surface area contributed by atoms with Crippen molar-refractivity contribution in [2.45, 2.75) is 38.9 Å². The Labute approximate surface area is 187 Å². The molecule has 9 nitrogen and oxygen atoms in total. The van der Waals surface area contributed by atoms with Crippen molar-refractivity contribution in [1.29, 1.82) is 5.26 Å². The molecule has 0 aliphatic carbocycles. The molecule has 9 heteroatoms. The monoisotopic (exact) mass is 444 g/mol. The largest absolute Gasteiger partial charge is 0.493 e. The first-order chi connectivity index (χ1) is 15.5. The van der Waals surface area contributed by atoms with Gasteiger partial charge in [-0.3, -0.25) is 0 Å². The molecule has 0 radical (unpaired) electrons. The van der Waals surface area contributed by atoms with Crippen molar-refractivity contribution in [3.63, 3.8) is 0 Å². The second kappa shape index (κ2) is 10.9. The highest BCUT2D eigenvalue weighted by Crippen LogP contribution is 2.46. The van der Waals surface area contributed by atoms with Crippen LogP contribution < -0.4 is 15.2 Å². The SMILES string of the molecule is CCOC(=O)C1=C(C)OC(N)=C(C#N)C1c1cccc(OC)c1OCCC1OCCCO1. The summed E-state index contributed by atoms with van der Waals surface area (Å²) < 4.78 is 33.5.